The lowest BCUT2D eigenvalue weighted by molar-refractivity contribution is 0.0959. The molecule has 1 amide bonds. The molecule has 92 valence electrons. The summed E-state index contributed by atoms with van der Waals surface area (Å²) in [6.07, 6.45) is 1.58. The van der Waals surface area contributed by atoms with E-state index in [1.54, 1.807) is 37.5 Å². The van der Waals surface area contributed by atoms with E-state index < -0.39 is 0 Å². The Morgan fingerprint density at radius 3 is 2.61 bits per heavy atom. The minimum atomic E-state index is -0.230. The second-order valence-corrected chi connectivity index (χ2v) is 4.05. The van der Waals surface area contributed by atoms with E-state index in [0.717, 1.165) is 5.69 Å². The van der Waals surface area contributed by atoms with Gasteiger partial charge in [0.05, 0.1) is 5.69 Å². The lowest BCUT2D eigenvalue weighted by atomic mass is 10.2. The van der Waals surface area contributed by atoms with Gasteiger partial charge in [-0.25, -0.2) is 4.98 Å². The van der Waals surface area contributed by atoms with Crippen LogP contribution in [0.15, 0.2) is 42.6 Å². The highest BCUT2D eigenvalue weighted by Gasteiger charge is 2.10. The monoisotopic (exact) mass is 261 g/mol. The van der Waals surface area contributed by atoms with Crippen molar-refractivity contribution in [2.75, 3.05) is 12.4 Å². The lowest BCUT2D eigenvalue weighted by Crippen LogP contribution is -2.20. The molecule has 0 saturated carbocycles. The molecule has 1 aromatic heterocycles. The Kier molecular flexibility index (Phi) is 3.79. The summed E-state index contributed by atoms with van der Waals surface area (Å²) in [7, 11) is 1.57. The average molecular weight is 262 g/mol. The second kappa shape index (κ2) is 5.51. The second-order valence-electron chi connectivity index (χ2n) is 3.61. The highest BCUT2D eigenvalue weighted by Crippen LogP contribution is 2.20. The van der Waals surface area contributed by atoms with Crippen molar-refractivity contribution >= 4 is 28.9 Å². The van der Waals surface area contributed by atoms with Gasteiger partial charge in [0, 0.05) is 24.0 Å². The fraction of sp³-hybridized carbons (Fsp3) is 0.0769. The van der Waals surface area contributed by atoms with Gasteiger partial charge in [-0.2, -0.15) is 0 Å². The van der Waals surface area contributed by atoms with Crippen LogP contribution in [-0.4, -0.2) is 17.9 Å². The molecule has 18 heavy (non-hydrogen) atoms. The van der Waals surface area contributed by atoms with Crippen molar-refractivity contribution in [3.05, 3.63) is 53.3 Å². The third kappa shape index (κ3) is 2.78. The van der Waals surface area contributed by atoms with Gasteiger partial charge in [-0.3, -0.25) is 4.79 Å². The van der Waals surface area contributed by atoms with Gasteiger partial charge in [-0.05, 0) is 36.4 Å². The van der Waals surface area contributed by atoms with Crippen LogP contribution in [0.2, 0.25) is 5.02 Å². The van der Waals surface area contributed by atoms with Gasteiger partial charge in [-0.1, -0.05) is 11.6 Å². The van der Waals surface area contributed by atoms with Crippen LogP contribution in [0, 0.1) is 0 Å². The number of nitrogens with zero attached hydrogens (tertiary/aromatic N) is 1. The van der Waals surface area contributed by atoms with E-state index in [2.05, 4.69) is 15.6 Å². The number of hydrogen-bond donors (Lipinski definition) is 2. The number of carbonyl (C=O) groups is 1. The number of halogens is 1. The summed E-state index contributed by atoms with van der Waals surface area (Å²) >= 11 is 5.81. The number of anilines is 2. The molecule has 0 radical (unpaired) electrons. The first kappa shape index (κ1) is 12.4. The van der Waals surface area contributed by atoms with Crippen LogP contribution in [0.1, 0.15) is 10.5 Å². The molecule has 2 N–H and O–H groups in total. The first-order valence-electron chi connectivity index (χ1n) is 5.40. The topological polar surface area (TPSA) is 54.0 Å². The molecule has 0 spiro atoms. The van der Waals surface area contributed by atoms with E-state index in [1.807, 2.05) is 12.1 Å². The number of pyridine rings is 1. The average Bonchev–Trinajstić information content (AvgIpc) is 2.41. The van der Waals surface area contributed by atoms with Gasteiger partial charge in [0.1, 0.15) is 0 Å². The molecule has 4 nitrogen and oxygen atoms in total. The Labute approximate surface area is 110 Å². The normalized spacial score (nSPS) is 9.89. The summed E-state index contributed by atoms with van der Waals surface area (Å²) < 4.78 is 0. The number of rotatable bonds is 3. The summed E-state index contributed by atoms with van der Waals surface area (Å²) in [5, 5.41) is 6.35. The largest absolute Gasteiger partial charge is 0.354 e. The van der Waals surface area contributed by atoms with Gasteiger partial charge in [0.15, 0.2) is 5.69 Å². The minimum absolute atomic E-state index is 0.230. The van der Waals surface area contributed by atoms with Crippen molar-refractivity contribution in [2.24, 2.45) is 0 Å². The Balaban J connectivity index is 2.28. The molecule has 0 saturated heterocycles. The van der Waals surface area contributed by atoms with Crippen LogP contribution in [0.25, 0.3) is 0 Å². The summed E-state index contributed by atoms with van der Waals surface area (Å²) in [6.45, 7) is 0. The van der Waals surface area contributed by atoms with Crippen LogP contribution in [0.5, 0.6) is 0 Å². The maximum Gasteiger partial charge on any atom is 0.271 e. The Morgan fingerprint density at radius 1 is 1.22 bits per heavy atom. The molecule has 1 heterocycles. The molecule has 0 atom stereocenters. The van der Waals surface area contributed by atoms with Gasteiger partial charge in [0.2, 0.25) is 0 Å². The number of hydrogen-bond acceptors (Lipinski definition) is 3. The molecule has 2 aromatic rings. The van der Waals surface area contributed by atoms with Crippen LogP contribution < -0.4 is 10.6 Å². The number of amides is 1. The zero-order chi connectivity index (χ0) is 13.0. The fourth-order valence-electron chi connectivity index (χ4n) is 1.49. The van der Waals surface area contributed by atoms with Crippen molar-refractivity contribution < 1.29 is 4.79 Å². The van der Waals surface area contributed by atoms with Crippen molar-refractivity contribution in [1.82, 2.24) is 10.3 Å². The minimum Gasteiger partial charge on any atom is -0.354 e. The van der Waals surface area contributed by atoms with Crippen molar-refractivity contribution in [3.63, 3.8) is 0 Å². The maximum absolute atomic E-state index is 11.6. The molecule has 0 fully saturated rings. The van der Waals surface area contributed by atoms with E-state index in [4.69, 9.17) is 11.6 Å². The van der Waals surface area contributed by atoms with E-state index in [-0.39, 0.29) is 5.91 Å². The Hall–Kier alpha value is -2.07. The molecule has 1 aromatic carbocycles. The smallest absolute Gasteiger partial charge is 0.271 e. The highest BCUT2D eigenvalue weighted by molar-refractivity contribution is 6.30. The number of aromatic nitrogens is 1. The standard InChI is InChI=1S/C13H12ClN3O/c1-15-13(18)12-11(3-2-8-16-12)17-10-6-4-9(14)5-7-10/h2-8,17H,1H3,(H,15,18). The molecular formula is C13H12ClN3O. The fourth-order valence-corrected chi connectivity index (χ4v) is 1.62. The van der Waals surface area contributed by atoms with E-state index in [1.165, 1.54) is 0 Å². The van der Waals surface area contributed by atoms with Crippen molar-refractivity contribution in [2.45, 2.75) is 0 Å². The first-order chi connectivity index (χ1) is 8.70. The molecule has 0 aliphatic rings. The van der Waals surface area contributed by atoms with Gasteiger partial charge in [0.25, 0.3) is 5.91 Å². The Morgan fingerprint density at radius 2 is 1.94 bits per heavy atom. The molecule has 2 rings (SSSR count). The number of benzene rings is 1. The summed E-state index contributed by atoms with van der Waals surface area (Å²) in [4.78, 5) is 15.7. The molecule has 0 bridgehead atoms. The van der Waals surface area contributed by atoms with Crippen LogP contribution >= 0.6 is 11.6 Å². The van der Waals surface area contributed by atoms with Crippen LogP contribution in [-0.2, 0) is 0 Å². The third-order valence-electron chi connectivity index (χ3n) is 2.37. The lowest BCUT2D eigenvalue weighted by Gasteiger charge is -2.10. The first-order valence-corrected chi connectivity index (χ1v) is 5.78. The van der Waals surface area contributed by atoms with Gasteiger partial charge in [-0.15, -0.1) is 0 Å². The van der Waals surface area contributed by atoms with Crippen LogP contribution in [0.3, 0.4) is 0 Å². The molecule has 5 heteroatoms. The maximum atomic E-state index is 11.6. The predicted molar refractivity (Wildman–Crippen MR) is 72.4 cm³/mol. The quantitative estimate of drug-likeness (QED) is 0.893. The van der Waals surface area contributed by atoms with Crippen molar-refractivity contribution in [3.8, 4) is 0 Å². The van der Waals surface area contributed by atoms with Crippen LogP contribution in [0.4, 0.5) is 11.4 Å². The summed E-state index contributed by atoms with van der Waals surface area (Å²) in [6, 6.07) is 10.8. The molecular weight excluding hydrogens is 250 g/mol. The summed E-state index contributed by atoms with van der Waals surface area (Å²) in [5.41, 5.74) is 1.85. The SMILES string of the molecule is CNC(=O)c1ncccc1Nc1ccc(Cl)cc1. The van der Waals surface area contributed by atoms with E-state index in [9.17, 15) is 4.79 Å². The highest BCUT2D eigenvalue weighted by atomic mass is 35.5. The number of carbonyl (C=O) groups excluding carboxylic acids is 1. The van der Waals surface area contributed by atoms with E-state index >= 15 is 0 Å². The number of nitrogens with one attached hydrogen (secondary N) is 2. The zero-order valence-corrected chi connectivity index (χ0v) is 10.5. The summed E-state index contributed by atoms with van der Waals surface area (Å²) in [5.74, 6) is -0.230. The zero-order valence-electron chi connectivity index (χ0n) is 9.77. The Bertz CT molecular complexity index is 554. The van der Waals surface area contributed by atoms with Gasteiger partial charge >= 0.3 is 0 Å². The van der Waals surface area contributed by atoms with E-state index in [0.29, 0.717) is 16.4 Å². The van der Waals surface area contributed by atoms with Gasteiger partial charge < -0.3 is 10.6 Å². The van der Waals surface area contributed by atoms with Crippen molar-refractivity contribution in [1.29, 1.82) is 0 Å². The third-order valence-corrected chi connectivity index (χ3v) is 2.63. The molecule has 0 aliphatic carbocycles. The predicted octanol–water partition coefficient (Wildman–Crippen LogP) is 2.84. The molecule has 0 unspecified atom stereocenters. The molecule has 0 aliphatic heterocycles.